The summed E-state index contributed by atoms with van der Waals surface area (Å²) >= 11 is 0. The zero-order chi connectivity index (χ0) is 17.9. The number of hydrogen-bond acceptors (Lipinski definition) is 5. The minimum absolute atomic E-state index is 0.00469. The largest absolute Gasteiger partial charge is 0.480 e. The number of carbonyl (C=O) groups is 2. The van der Waals surface area contributed by atoms with Gasteiger partial charge in [-0.05, 0) is 19.4 Å². The number of carboxylic acids is 1. The van der Waals surface area contributed by atoms with E-state index in [1.54, 1.807) is 0 Å². The molecule has 132 valence electrons. The number of likely N-dealkylation sites (N-methyl/N-ethyl adjacent to an activating group) is 1. The van der Waals surface area contributed by atoms with Crippen LogP contribution < -0.4 is 16.6 Å². The molecule has 0 aromatic carbocycles. The van der Waals surface area contributed by atoms with Crippen molar-refractivity contribution in [2.75, 3.05) is 13.1 Å². The van der Waals surface area contributed by atoms with Gasteiger partial charge < -0.3 is 10.4 Å². The average Bonchev–Trinajstić information content (AvgIpc) is 2.49. The summed E-state index contributed by atoms with van der Waals surface area (Å²) in [6, 6.07) is 1.37. The third kappa shape index (κ3) is 4.10. The van der Waals surface area contributed by atoms with E-state index in [9.17, 15) is 19.2 Å². The smallest absolute Gasteiger partial charge is 0.331 e. The van der Waals surface area contributed by atoms with Gasteiger partial charge in [0.25, 0.3) is 5.56 Å². The molecule has 0 bridgehead atoms. The van der Waals surface area contributed by atoms with Gasteiger partial charge in [-0.1, -0.05) is 6.92 Å². The van der Waals surface area contributed by atoms with Crippen molar-refractivity contribution in [3.63, 3.8) is 0 Å². The second-order valence-corrected chi connectivity index (χ2v) is 5.97. The Balaban J connectivity index is 1.85. The maximum absolute atomic E-state index is 12.0. The van der Waals surface area contributed by atoms with Crippen molar-refractivity contribution in [1.29, 1.82) is 0 Å². The Kier molecular flexibility index (Phi) is 5.55. The van der Waals surface area contributed by atoms with Crippen LogP contribution >= 0.6 is 0 Å². The molecule has 1 saturated carbocycles. The van der Waals surface area contributed by atoms with Crippen molar-refractivity contribution in [1.82, 2.24) is 19.4 Å². The van der Waals surface area contributed by atoms with Gasteiger partial charge in [-0.3, -0.25) is 28.4 Å². The molecular weight excluding hydrogens is 316 g/mol. The molecule has 1 aromatic heterocycles. The summed E-state index contributed by atoms with van der Waals surface area (Å²) in [6.07, 6.45) is 2.68. The predicted molar refractivity (Wildman–Crippen MR) is 85.8 cm³/mol. The zero-order valence-corrected chi connectivity index (χ0v) is 13.8. The van der Waals surface area contributed by atoms with Gasteiger partial charge in [0.15, 0.2) is 0 Å². The number of aromatic nitrogens is 2. The fourth-order valence-corrected chi connectivity index (χ4v) is 2.84. The lowest BCUT2D eigenvalue weighted by molar-refractivity contribution is -0.139. The molecule has 9 nitrogen and oxygen atoms in total. The molecule has 0 saturated heterocycles. The number of aliphatic carboxylic acids is 1. The van der Waals surface area contributed by atoms with Gasteiger partial charge in [-0.25, -0.2) is 4.79 Å². The maximum atomic E-state index is 12.0. The van der Waals surface area contributed by atoms with Gasteiger partial charge >= 0.3 is 11.7 Å². The van der Waals surface area contributed by atoms with Crippen molar-refractivity contribution in [2.45, 2.75) is 38.4 Å². The second kappa shape index (κ2) is 7.43. The SMILES string of the molecule is CCN(CC(=O)O)C1CC(NC(=O)Cn2ccc(=O)n(C)c2=O)C1. The lowest BCUT2D eigenvalue weighted by Crippen LogP contribution is -2.55. The van der Waals surface area contributed by atoms with E-state index in [1.165, 1.54) is 23.9 Å². The minimum atomic E-state index is -0.863. The third-order valence-electron chi connectivity index (χ3n) is 4.31. The number of carbonyl (C=O) groups excluding carboxylic acids is 1. The summed E-state index contributed by atoms with van der Waals surface area (Å²) in [6.45, 7) is 2.39. The van der Waals surface area contributed by atoms with Gasteiger partial charge in [-0.15, -0.1) is 0 Å². The van der Waals surface area contributed by atoms with Crippen LogP contribution in [-0.2, 0) is 23.2 Å². The fraction of sp³-hybridized carbons (Fsp3) is 0.600. The number of nitrogens with one attached hydrogen (secondary N) is 1. The normalized spacial score (nSPS) is 19.8. The molecule has 2 rings (SSSR count). The molecule has 1 amide bonds. The van der Waals surface area contributed by atoms with E-state index in [-0.39, 0.29) is 31.1 Å². The molecule has 24 heavy (non-hydrogen) atoms. The van der Waals surface area contributed by atoms with E-state index in [1.807, 2.05) is 11.8 Å². The van der Waals surface area contributed by atoms with Crippen LogP contribution in [0.15, 0.2) is 21.9 Å². The molecule has 0 radical (unpaired) electrons. The Morgan fingerprint density at radius 1 is 1.38 bits per heavy atom. The number of amides is 1. The Labute approximate surface area is 138 Å². The standard InChI is InChI=1S/C15H22N4O5/c1-3-18(9-14(22)23)11-6-10(7-11)16-12(20)8-19-5-4-13(21)17(2)15(19)24/h4-5,10-11H,3,6-9H2,1-2H3,(H,16,20)(H,22,23). The first-order valence-corrected chi connectivity index (χ1v) is 7.83. The molecule has 1 heterocycles. The van der Waals surface area contributed by atoms with Crippen molar-refractivity contribution in [3.8, 4) is 0 Å². The first-order valence-electron chi connectivity index (χ1n) is 7.83. The Hall–Kier alpha value is -2.42. The molecule has 1 aliphatic rings. The maximum Gasteiger partial charge on any atom is 0.331 e. The molecule has 1 fully saturated rings. The first-order chi connectivity index (χ1) is 11.3. The monoisotopic (exact) mass is 338 g/mol. The Morgan fingerprint density at radius 3 is 2.62 bits per heavy atom. The van der Waals surface area contributed by atoms with Crippen LogP contribution in [0.5, 0.6) is 0 Å². The molecule has 0 aliphatic heterocycles. The van der Waals surface area contributed by atoms with E-state index in [0.29, 0.717) is 19.4 Å². The summed E-state index contributed by atoms with van der Waals surface area (Å²) in [5, 5.41) is 11.7. The van der Waals surface area contributed by atoms with Gasteiger partial charge in [0.05, 0.1) is 6.54 Å². The Morgan fingerprint density at radius 2 is 2.04 bits per heavy atom. The molecule has 1 aromatic rings. The topological polar surface area (TPSA) is 114 Å². The zero-order valence-electron chi connectivity index (χ0n) is 13.8. The second-order valence-electron chi connectivity index (χ2n) is 5.97. The molecule has 0 spiro atoms. The lowest BCUT2D eigenvalue weighted by Gasteiger charge is -2.42. The predicted octanol–water partition coefficient (Wildman–Crippen LogP) is -1.40. The van der Waals surface area contributed by atoms with Crippen LogP contribution in [0.4, 0.5) is 0 Å². The van der Waals surface area contributed by atoms with Crippen LogP contribution in [0.25, 0.3) is 0 Å². The highest BCUT2D eigenvalue weighted by atomic mass is 16.4. The molecule has 9 heteroatoms. The van der Waals surface area contributed by atoms with E-state index in [0.717, 1.165) is 4.57 Å². The summed E-state index contributed by atoms with van der Waals surface area (Å²) in [5.41, 5.74) is -0.959. The fourth-order valence-electron chi connectivity index (χ4n) is 2.84. The summed E-state index contributed by atoms with van der Waals surface area (Å²) in [7, 11) is 1.36. The molecule has 1 aliphatic carbocycles. The van der Waals surface area contributed by atoms with Gasteiger partial charge in [-0.2, -0.15) is 0 Å². The lowest BCUT2D eigenvalue weighted by atomic mass is 9.85. The van der Waals surface area contributed by atoms with Crippen molar-refractivity contribution in [2.24, 2.45) is 7.05 Å². The highest BCUT2D eigenvalue weighted by Crippen LogP contribution is 2.25. The molecule has 0 atom stereocenters. The van der Waals surface area contributed by atoms with E-state index in [2.05, 4.69) is 5.32 Å². The number of rotatable bonds is 7. The highest BCUT2D eigenvalue weighted by molar-refractivity contribution is 5.76. The first kappa shape index (κ1) is 17.9. The van der Waals surface area contributed by atoms with Crippen LogP contribution in [-0.4, -0.2) is 56.2 Å². The quantitative estimate of drug-likeness (QED) is 0.632. The number of carboxylic acid groups (broad SMARTS) is 1. The highest BCUT2D eigenvalue weighted by Gasteiger charge is 2.34. The average molecular weight is 338 g/mol. The van der Waals surface area contributed by atoms with Crippen molar-refractivity contribution in [3.05, 3.63) is 33.1 Å². The van der Waals surface area contributed by atoms with E-state index < -0.39 is 17.2 Å². The van der Waals surface area contributed by atoms with Crippen LogP contribution in [0.1, 0.15) is 19.8 Å². The van der Waals surface area contributed by atoms with Crippen molar-refractivity contribution >= 4 is 11.9 Å². The molecular formula is C15H22N4O5. The van der Waals surface area contributed by atoms with E-state index in [4.69, 9.17) is 5.11 Å². The van der Waals surface area contributed by atoms with Gasteiger partial charge in [0, 0.05) is 31.4 Å². The van der Waals surface area contributed by atoms with Gasteiger partial charge in [0.2, 0.25) is 5.91 Å². The summed E-state index contributed by atoms with van der Waals surface area (Å²) in [4.78, 5) is 47.9. The molecule has 0 unspecified atom stereocenters. The Bertz CT molecular complexity index is 732. The minimum Gasteiger partial charge on any atom is -0.480 e. The summed E-state index contributed by atoms with van der Waals surface area (Å²) in [5.74, 6) is -1.17. The van der Waals surface area contributed by atoms with Gasteiger partial charge in [0.1, 0.15) is 6.54 Å². The van der Waals surface area contributed by atoms with Crippen LogP contribution in [0, 0.1) is 0 Å². The van der Waals surface area contributed by atoms with Crippen LogP contribution in [0.3, 0.4) is 0 Å². The van der Waals surface area contributed by atoms with Crippen LogP contribution in [0.2, 0.25) is 0 Å². The molecule has 2 N–H and O–H groups in total. The number of nitrogens with zero attached hydrogens (tertiary/aromatic N) is 3. The van der Waals surface area contributed by atoms with Crippen molar-refractivity contribution < 1.29 is 14.7 Å². The third-order valence-corrected chi connectivity index (χ3v) is 4.31. The number of hydrogen-bond donors (Lipinski definition) is 2. The van der Waals surface area contributed by atoms with E-state index >= 15 is 0 Å². The summed E-state index contributed by atoms with van der Waals surface area (Å²) < 4.78 is 2.12.